The first-order valence-electron chi connectivity index (χ1n) is 8.53. The summed E-state index contributed by atoms with van der Waals surface area (Å²) in [7, 11) is 1.79. The van der Waals surface area contributed by atoms with Crippen molar-refractivity contribution in [1.82, 2.24) is 14.8 Å². The molecule has 0 aliphatic carbocycles. The lowest BCUT2D eigenvalue weighted by Crippen LogP contribution is -2.15. The molecule has 152 valence electrons. The highest BCUT2D eigenvalue weighted by Gasteiger charge is 2.19. The quantitative estimate of drug-likeness (QED) is 0.501. The lowest BCUT2D eigenvalue weighted by molar-refractivity contribution is -0.113. The predicted molar refractivity (Wildman–Crippen MR) is 112 cm³/mol. The van der Waals surface area contributed by atoms with Gasteiger partial charge < -0.3 is 14.6 Å². The molecule has 0 radical (unpaired) electrons. The summed E-state index contributed by atoms with van der Waals surface area (Å²) < 4.78 is 20.8. The summed E-state index contributed by atoms with van der Waals surface area (Å²) in [5.41, 5.74) is 0.419. The van der Waals surface area contributed by atoms with Crippen LogP contribution in [0.5, 0.6) is 5.75 Å². The van der Waals surface area contributed by atoms with E-state index in [-0.39, 0.29) is 16.7 Å². The Labute approximate surface area is 181 Å². The lowest BCUT2D eigenvalue weighted by atomic mass is 10.3. The SMILES string of the molecule is CC(Oc1ccccc1Cl)c1nnc(SCC(=O)Nc2ccc(F)c(Cl)c2)n1C. The molecule has 0 saturated carbocycles. The fourth-order valence-corrected chi connectivity index (χ4v) is 3.57. The molecule has 0 aliphatic heterocycles. The highest BCUT2D eigenvalue weighted by molar-refractivity contribution is 7.99. The molecule has 0 aliphatic rings. The molecular weight excluding hydrogens is 438 g/mol. The van der Waals surface area contributed by atoms with Crippen LogP contribution in [0.1, 0.15) is 18.9 Å². The van der Waals surface area contributed by atoms with Crippen LogP contribution in [-0.2, 0) is 11.8 Å². The molecule has 1 heterocycles. The highest BCUT2D eigenvalue weighted by Crippen LogP contribution is 2.29. The van der Waals surface area contributed by atoms with Gasteiger partial charge in [0.1, 0.15) is 11.6 Å². The number of hydrogen-bond donors (Lipinski definition) is 1. The zero-order valence-corrected chi connectivity index (χ0v) is 17.9. The number of aromatic nitrogens is 3. The van der Waals surface area contributed by atoms with E-state index in [2.05, 4.69) is 15.5 Å². The first-order valence-corrected chi connectivity index (χ1v) is 10.3. The number of amides is 1. The average Bonchev–Trinajstić information content (AvgIpc) is 3.05. The lowest BCUT2D eigenvalue weighted by Gasteiger charge is -2.15. The summed E-state index contributed by atoms with van der Waals surface area (Å²) in [6.07, 6.45) is -0.392. The van der Waals surface area contributed by atoms with Gasteiger partial charge in [-0.05, 0) is 37.3 Å². The molecule has 3 rings (SSSR count). The van der Waals surface area contributed by atoms with Crippen LogP contribution in [-0.4, -0.2) is 26.4 Å². The molecule has 1 amide bonds. The van der Waals surface area contributed by atoms with Crippen molar-refractivity contribution in [3.05, 3.63) is 64.2 Å². The Morgan fingerprint density at radius 1 is 1.24 bits per heavy atom. The van der Waals surface area contributed by atoms with E-state index < -0.39 is 11.9 Å². The molecule has 0 saturated heterocycles. The Hall–Kier alpha value is -2.29. The first-order chi connectivity index (χ1) is 13.8. The molecule has 0 fully saturated rings. The summed E-state index contributed by atoms with van der Waals surface area (Å²) in [6, 6.07) is 11.2. The van der Waals surface area contributed by atoms with Crippen LogP contribution < -0.4 is 10.1 Å². The molecule has 0 spiro atoms. The Kier molecular flexibility index (Phi) is 7.00. The summed E-state index contributed by atoms with van der Waals surface area (Å²) in [4.78, 5) is 12.1. The molecule has 1 N–H and O–H groups in total. The minimum atomic E-state index is -0.543. The van der Waals surface area contributed by atoms with E-state index in [0.29, 0.717) is 27.4 Å². The van der Waals surface area contributed by atoms with Crippen LogP contribution in [0, 0.1) is 5.82 Å². The van der Waals surface area contributed by atoms with Gasteiger partial charge >= 0.3 is 0 Å². The molecule has 1 aromatic heterocycles. The van der Waals surface area contributed by atoms with Crippen molar-refractivity contribution in [2.45, 2.75) is 18.2 Å². The molecular formula is C19H17Cl2FN4O2S. The number of anilines is 1. The van der Waals surface area contributed by atoms with Gasteiger partial charge in [0.25, 0.3) is 0 Å². The van der Waals surface area contributed by atoms with Gasteiger partial charge in [0.05, 0.1) is 15.8 Å². The number of ether oxygens (including phenoxy) is 1. The molecule has 6 nitrogen and oxygen atoms in total. The summed E-state index contributed by atoms with van der Waals surface area (Å²) in [5, 5.41) is 11.9. The van der Waals surface area contributed by atoms with Crippen molar-refractivity contribution < 1.29 is 13.9 Å². The minimum Gasteiger partial charge on any atom is -0.481 e. The van der Waals surface area contributed by atoms with Gasteiger partial charge in [0.15, 0.2) is 17.1 Å². The number of carbonyl (C=O) groups excluding carboxylic acids is 1. The van der Waals surface area contributed by atoms with Gasteiger partial charge in [0, 0.05) is 12.7 Å². The van der Waals surface area contributed by atoms with E-state index in [0.717, 1.165) is 0 Å². The van der Waals surface area contributed by atoms with Crippen LogP contribution in [0.15, 0.2) is 47.6 Å². The fraction of sp³-hybridized carbons (Fsp3) is 0.211. The van der Waals surface area contributed by atoms with Crippen LogP contribution in [0.25, 0.3) is 0 Å². The maximum atomic E-state index is 13.2. The second-order valence-electron chi connectivity index (χ2n) is 6.06. The van der Waals surface area contributed by atoms with Gasteiger partial charge in [-0.2, -0.15) is 0 Å². The molecule has 1 atom stereocenters. The predicted octanol–water partition coefficient (Wildman–Crippen LogP) is 5.13. The molecule has 1 unspecified atom stereocenters. The van der Waals surface area contributed by atoms with E-state index in [4.69, 9.17) is 27.9 Å². The minimum absolute atomic E-state index is 0.0547. The highest BCUT2D eigenvalue weighted by atomic mass is 35.5. The molecule has 3 aromatic rings. The third-order valence-corrected chi connectivity index (χ3v) is 5.53. The third-order valence-electron chi connectivity index (χ3n) is 3.91. The Balaban J connectivity index is 1.59. The largest absolute Gasteiger partial charge is 0.481 e. The Morgan fingerprint density at radius 3 is 2.72 bits per heavy atom. The second kappa shape index (κ2) is 9.47. The van der Waals surface area contributed by atoms with Gasteiger partial charge in [-0.3, -0.25) is 4.79 Å². The van der Waals surface area contributed by atoms with Crippen molar-refractivity contribution in [2.75, 3.05) is 11.1 Å². The van der Waals surface area contributed by atoms with Gasteiger partial charge in [-0.25, -0.2) is 4.39 Å². The molecule has 0 bridgehead atoms. The van der Waals surface area contributed by atoms with Crippen molar-refractivity contribution in [3.63, 3.8) is 0 Å². The van der Waals surface area contributed by atoms with Crippen molar-refractivity contribution in [1.29, 1.82) is 0 Å². The molecule has 2 aromatic carbocycles. The molecule has 10 heteroatoms. The van der Waals surface area contributed by atoms with E-state index in [9.17, 15) is 9.18 Å². The number of benzene rings is 2. The number of rotatable bonds is 7. The normalized spacial score (nSPS) is 11.9. The van der Waals surface area contributed by atoms with Crippen LogP contribution >= 0.6 is 35.0 Å². The van der Waals surface area contributed by atoms with E-state index in [1.165, 1.54) is 30.0 Å². The number of halogens is 3. The number of carbonyl (C=O) groups is 1. The summed E-state index contributed by atoms with van der Waals surface area (Å²) in [5.74, 6) is 0.427. The number of thioether (sulfide) groups is 1. The summed E-state index contributed by atoms with van der Waals surface area (Å²) in [6.45, 7) is 1.84. The Morgan fingerprint density at radius 2 is 2.00 bits per heavy atom. The number of para-hydroxylation sites is 1. The van der Waals surface area contributed by atoms with Gasteiger partial charge in [0.2, 0.25) is 5.91 Å². The first kappa shape index (κ1) is 21.4. The van der Waals surface area contributed by atoms with Crippen LogP contribution in [0.3, 0.4) is 0 Å². The van der Waals surface area contributed by atoms with E-state index in [1.807, 2.05) is 19.1 Å². The van der Waals surface area contributed by atoms with Gasteiger partial charge in [-0.15, -0.1) is 10.2 Å². The maximum Gasteiger partial charge on any atom is 0.234 e. The van der Waals surface area contributed by atoms with Crippen molar-refractivity contribution >= 4 is 46.6 Å². The number of nitrogens with one attached hydrogen (secondary N) is 1. The standard InChI is InChI=1S/C19H17Cl2FN4O2S/c1-11(28-16-6-4-3-5-13(16)20)18-24-25-19(26(18)2)29-10-17(27)23-12-7-8-15(22)14(21)9-12/h3-9,11H,10H2,1-2H3,(H,23,27). The summed E-state index contributed by atoms with van der Waals surface area (Å²) >= 11 is 13.1. The maximum absolute atomic E-state index is 13.2. The number of nitrogens with zero attached hydrogens (tertiary/aromatic N) is 3. The number of hydrogen-bond acceptors (Lipinski definition) is 5. The zero-order chi connectivity index (χ0) is 21.0. The topological polar surface area (TPSA) is 69.0 Å². The van der Waals surface area contributed by atoms with Gasteiger partial charge in [-0.1, -0.05) is 47.1 Å². The average molecular weight is 455 g/mol. The van der Waals surface area contributed by atoms with Crippen LogP contribution in [0.4, 0.5) is 10.1 Å². The van der Waals surface area contributed by atoms with Crippen LogP contribution in [0.2, 0.25) is 10.0 Å². The monoisotopic (exact) mass is 454 g/mol. The second-order valence-corrected chi connectivity index (χ2v) is 7.81. The van der Waals surface area contributed by atoms with E-state index >= 15 is 0 Å². The van der Waals surface area contributed by atoms with E-state index in [1.54, 1.807) is 23.7 Å². The van der Waals surface area contributed by atoms with Crippen molar-refractivity contribution in [2.24, 2.45) is 7.05 Å². The van der Waals surface area contributed by atoms with Crippen molar-refractivity contribution in [3.8, 4) is 5.75 Å². The zero-order valence-electron chi connectivity index (χ0n) is 15.5. The molecule has 29 heavy (non-hydrogen) atoms. The smallest absolute Gasteiger partial charge is 0.234 e. The fourth-order valence-electron chi connectivity index (χ4n) is 2.49. The third kappa shape index (κ3) is 5.41. The Bertz CT molecular complexity index is 1030.